The number of aliphatic imine (C=N–C) groups is 1. The van der Waals surface area contributed by atoms with Crippen LogP contribution in [0.3, 0.4) is 0 Å². The first-order valence-corrected chi connectivity index (χ1v) is 5.61. The summed E-state index contributed by atoms with van der Waals surface area (Å²) in [6.07, 6.45) is 0.503. The minimum absolute atomic E-state index is 0.226. The largest absolute Gasteiger partial charge is 0.340 e. The first-order valence-electron chi connectivity index (χ1n) is 5.61. The van der Waals surface area contributed by atoms with Crippen LogP contribution in [0.4, 0.5) is 0 Å². The van der Waals surface area contributed by atoms with Crippen LogP contribution in [0, 0.1) is 5.92 Å². The Morgan fingerprint density at radius 3 is 2.62 bits per heavy atom. The second-order valence-corrected chi connectivity index (χ2v) is 3.96. The van der Waals surface area contributed by atoms with Gasteiger partial charge >= 0.3 is 0 Å². The highest BCUT2D eigenvalue weighted by molar-refractivity contribution is 6.15. The molecule has 2 aliphatic heterocycles. The Labute approximate surface area is 94.1 Å². The molecule has 0 radical (unpaired) electrons. The zero-order chi connectivity index (χ0) is 11.5. The summed E-state index contributed by atoms with van der Waals surface area (Å²) in [7, 11) is 0. The normalized spacial score (nSPS) is 26.4. The van der Waals surface area contributed by atoms with Crippen molar-refractivity contribution in [3.8, 4) is 0 Å². The van der Waals surface area contributed by atoms with Crippen molar-refractivity contribution in [3.05, 3.63) is 0 Å². The molecule has 1 saturated heterocycles. The summed E-state index contributed by atoms with van der Waals surface area (Å²) < 4.78 is 0. The molecule has 16 heavy (non-hydrogen) atoms. The summed E-state index contributed by atoms with van der Waals surface area (Å²) in [5.41, 5.74) is 0. The second kappa shape index (κ2) is 4.61. The van der Waals surface area contributed by atoms with Crippen molar-refractivity contribution in [3.63, 3.8) is 0 Å². The molecule has 1 unspecified atom stereocenters. The molecule has 0 bridgehead atoms. The molecular weight excluding hydrogens is 208 g/mol. The molecule has 6 heteroatoms. The van der Waals surface area contributed by atoms with E-state index in [2.05, 4.69) is 15.6 Å². The monoisotopic (exact) mass is 224 g/mol. The third-order valence-corrected chi connectivity index (χ3v) is 2.89. The van der Waals surface area contributed by atoms with Crippen LogP contribution in [-0.2, 0) is 9.59 Å². The molecular formula is C10H16N4O2. The average Bonchev–Trinajstić information content (AvgIpc) is 2.30. The van der Waals surface area contributed by atoms with E-state index in [1.165, 1.54) is 0 Å². The van der Waals surface area contributed by atoms with Crippen LogP contribution in [-0.4, -0.2) is 48.9 Å². The van der Waals surface area contributed by atoms with Gasteiger partial charge < -0.3 is 10.2 Å². The molecule has 0 aromatic carbocycles. The fraction of sp³-hybridized carbons (Fsp3) is 0.700. The first-order chi connectivity index (χ1) is 7.72. The molecule has 6 nitrogen and oxygen atoms in total. The van der Waals surface area contributed by atoms with E-state index in [9.17, 15) is 9.59 Å². The predicted octanol–water partition coefficient (Wildman–Crippen LogP) is -1.07. The molecule has 2 heterocycles. The smallest absolute Gasteiger partial charge is 0.261 e. The van der Waals surface area contributed by atoms with Gasteiger partial charge in [-0.2, -0.15) is 4.99 Å². The Morgan fingerprint density at radius 2 is 2.06 bits per heavy atom. The molecule has 0 aromatic heterocycles. The van der Waals surface area contributed by atoms with Gasteiger partial charge in [0.1, 0.15) is 5.92 Å². The van der Waals surface area contributed by atoms with Gasteiger partial charge in [-0.05, 0) is 6.42 Å². The third-order valence-electron chi connectivity index (χ3n) is 2.89. The zero-order valence-corrected chi connectivity index (χ0v) is 9.32. The fourth-order valence-corrected chi connectivity index (χ4v) is 1.91. The number of rotatable bonds is 1. The van der Waals surface area contributed by atoms with E-state index in [4.69, 9.17) is 0 Å². The molecule has 1 fully saturated rings. The maximum atomic E-state index is 11.6. The van der Waals surface area contributed by atoms with Gasteiger partial charge in [0, 0.05) is 26.2 Å². The average molecular weight is 224 g/mol. The van der Waals surface area contributed by atoms with Crippen LogP contribution in [0.15, 0.2) is 4.99 Å². The number of carbonyl (C=O) groups is 2. The molecule has 0 aromatic rings. The Balaban J connectivity index is 2.11. The summed E-state index contributed by atoms with van der Waals surface area (Å²) in [6.45, 7) is 5.04. The van der Waals surface area contributed by atoms with E-state index in [-0.39, 0.29) is 11.8 Å². The van der Waals surface area contributed by atoms with Crippen LogP contribution < -0.4 is 10.6 Å². The topological polar surface area (TPSA) is 73.8 Å². The lowest BCUT2D eigenvalue weighted by molar-refractivity contribution is -0.133. The van der Waals surface area contributed by atoms with Gasteiger partial charge in [-0.15, -0.1) is 0 Å². The highest BCUT2D eigenvalue weighted by Crippen LogP contribution is 2.11. The molecule has 88 valence electrons. The number of guanidine groups is 1. The van der Waals surface area contributed by atoms with Crippen LogP contribution in [0.2, 0.25) is 0 Å². The Hall–Kier alpha value is -1.43. The highest BCUT2D eigenvalue weighted by atomic mass is 16.2. The molecule has 0 spiro atoms. The summed E-state index contributed by atoms with van der Waals surface area (Å²) in [6, 6.07) is 0. The van der Waals surface area contributed by atoms with E-state index < -0.39 is 5.92 Å². The molecule has 2 amide bonds. The molecule has 2 aliphatic rings. The fourth-order valence-electron chi connectivity index (χ4n) is 1.91. The molecule has 0 saturated carbocycles. The van der Waals surface area contributed by atoms with Crippen molar-refractivity contribution < 1.29 is 9.59 Å². The maximum absolute atomic E-state index is 11.6. The van der Waals surface area contributed by atoms with E-state index in [1.54, 1.807) is 0 Å². The van der Waals surface area contributed by atoms with Crippen LogP contribution in [0.25, 0.3) is 0 Å². The number of nitrogens with zero attached hydrogens (tertiary/aromatic N) is 2. The van der Waals surface area contributed by atoms with Gasteiger partial charge in [-0.1, -0.05) is 6.92 Å². The number of amides is 2. The number of carbonyl (C=O) groups excluding carboxylic acids is 2. The molecule has 2 rings (SSSR count). The van der Waals surface area contributed by atoms with Gasteiger partial charge in [0.05, 0.1) is 0 Å². The maximum Gasteiger partial charge on any atom is 0.261 e. The molecule has 0 aliphatic carbocycles. The number of hydrogen-bond donors (Lipinski definition) is 2. The number of hydrogen-bond acceptors (Lipinski definition) is 4. The van der Waals surface area contributed by atoms with Crippen molar-refractivity contribution in [2.24, 2.45) is 10.9 Å². The van der Waals surface area contributed by atoms with Gasteiger partial charge in [0.2, 0.25) is 11.9 Å². The highest BCUT2D eigenvalue weighted by Gasteiger charge is 2.32. The molecule has 1 atom stereocenters. The van der Waals surface area contributed by atoms with E-state index in [1.807, 2.05) is 11.8 Å². The number of nitrogens with one attached hydrogen (secondary N) is 2. The van der Waals surface area contributed by atoms with Crippen LogP contribution in [0.1, 0.15) is 13.3 Å². The Bertz CT molecular complexity index is 334. The van der Waals surface area contributed by atoms with E-state index in [0.717, 1.165) is 26.2 Å². The van der Waals surface area contributed by atoms with E-state index in [0.29, 0.717) is 12.4 Å². The van der Waals surface area contributed by atoms with Crippen molar-refractivity contribution in [2.75, 3.05) is 26.2 Å². The Morgan fingerprint density at radius 1 is 1.38 bits per heavy atom. The van der Waals surface area contributed by atoms with Crippen LogP contribution in [0.5, 0.6) is 0 Å². The van der Waals surface area contributed by atoms with Gasteiger partial charge in [-0.3, -0.25) is 14.9 Å². The lowest BCUT2D eigenvalue weighted by Gasteiger charge is -2.32. The third kappa shape index (κ3) is 2.06. The van der Waals surface area contributed by atoms with Crippen molar-refractivity contribution in [1.82, 2.24) is 15.5 Å². The second-order valence-electron chi connectivity index (χ2n) is 3.96. The van der Waals surface area contributed by atoms with Crippen molar-refractivity contribution in [2.45, 2.75) is 13.3 Å². The summed E-state index contributed by atoms with van der Waals surface area (Å²) >= 11 is 0. The predicted molar refractivity (Wildman–Crippen MR) is 58.8 cm³/mol. The lowest BCUT2D eigenvalue weighted by atomic mass is 10.0. The summed E-state index contributed by atoms with van der Waals surface area (Å²) in [5.74, 6) is -0.733. The lowest BCUT2D eigenvalue weighted by Crippen LogP contribution is -2.56. The standard InChI is InChI=1S/C10H16N4O2/c1-2-7-8(15)12-10(13-9(7)16)14-5-3-11-4-6-14/h7,11H,2-6H2,1H3,(H,12,13,15,16). The first kappa shape index (κ1) is 11.1. The van der Waals surface area contributed by atoms with Crippen molar-refractivity contribution in [1.29, 1.82) is 0 Å². The van der Waals surface area contributed by atoms with Gasteiger partial charge in [0.15, 0.2) is 0 Å². The number of piperazine rings is 1. The van der Waals surface area contributed by atoms with Gasteiger partial charge in [-0.25, -0.2) is 0 Å². The SMILES string of the molecule is CCC1C(=O)N=C(N2CCNCC2)NC1=O. The summed E-state index contributed by atoms with van der Waals surface area (Å²) in [4.78, 5) is 29.1. The minimum atomic E-state index is -0.605. The Kier molecular flexibility index (Phi) is 3.19. The molecule has 2 N–H and O–H groups in total. The minimum Gasteiger partial charge on any atom is -0.340 e. The van der Waals surface area contributed by atoms with Crippen molar-refractivity contribution >= 4 is 17.8 Å². The summed E-state index contributed by atoms with van der Waals surface area (Å²) in [5, 5.41) is 5.91. The zero-order valence-electron chi connectivity index (χ0n) is 9.32. The quantitative estimate of drug-likeness (QED) is 0.556. The van der Waals surface area contributed by atoms with E-state index >= 15 is 0 Å². The van der Waals surface area contributed by atoms with Gasteiger partial charge in [0.25, 0.3) is 5.91 Å². The van der Waals surface area contributed by atoms with Crippen LogP contribution >= 0.6 is 0 Å².